The molecule has 0 saturated carbocycles. The molecule has 0 N–H and O–H groups in total. The minimum absolute atomic E-state index is 0.946. The van der Waals surface area contributed by atoms with Crippen LogP contribution in [0.1, 0.15) is 26.7 Å². The van der Waals surface area contributed by atoms with E-state index in [1.54, 1.807) is 6.26 Å². The molecule has 0 unspecified atom stereocenters. The van der Waals surface area contributed by atoms with Crippen LogP contribution in [0, 0.1) is 0 Å². The normalized spacial score (nSPS) is 14.6. The van der Waals surface area contributed by atoms with E-state index >= 15 is 0 Å². The van der Waals surface area contributed by atoms with Crippen molar-refractivity contribution in [2.45, 2.75) is 26.7 Å². The lowest BCUT2D eigenvalue weighted by Gasteiger charge is -1.80. The summed E-state index contributed by atoms with van der Waals surface area (Å²) in [6.07, 6.45) is 12.4. The second-order valence-corrected chi connectivity index (χ2v) is 2.91. The first-order chi connectivity index (χ1) is 6.38. The Bertz CT molecular complexity index is 368. The maximum absolute atomic E-state index is 5.25. The third-order valence-corrected chi connectivity index (χ3v) is 1.86. The Kier molecular flexibility index (Phi) is 4.10. The van der Waals surface area contributed by atoms with Crippen molar-refractivity contribution in [1.82, 2.24) is 0 Å². The first-order valence-electron chi connectivity index (χ1n) is 4.75. The van der Waals surface area contributed by atoms with Crippen LogP contribution in [-0.2, 0) is 0 Å². The molecule has 0 aliphatic carbocycles. The maximum atomic E-state index is 5.25. The van der Waals surface area contributed by atoms with Gasteiger partial charge < -0.3 is 4.42 Å². The first kappa shape index (κ1) is 9.85. The number of unbranched alkanes of at least 4 members (excludes halogenated alkanes) is 1. The summed E-state index contributed by atoms with van der Waals surface area (Å²) in [6.45, 7) is 4.15. The van der Waals surface area contributed by atoms with Crippen LogP contribution in [0.5, 0.6) is 0 Å². The molecule has 0 saturated heterocycles. The third-order valence-electron chi connectivity index (χ3n) is 1.86. The smallest absolute Gasteiger partial charge is 0.129 e. The molecule has 0 aromatic carbocycles. The van der Waals surface area contributed by atoms with Gasteiger partial charge in [-0.15, -0.1) is 0 Å². The van der Waals surface area contributed by atoms with Gasteiger partial charge in [-0.25, -0.2) is 0 Å². The van der Waals surface area contributed by atoms with Crippen LogP contribution in [0.15, 0.2) is 28.9 Å². The second-order valence-electron chi connectivity index (χ2n) is 2.91. The summed E-state index contributed by atoms with van der Waals surface area (Å²) >= 11 is 0. The van der Waals surface area contributed by atoms with Crippen LogP contribution in [-0.4, -0.2) is 0 Å². The molecule has 1 heteroatoms. The average Bonchev–Trinajstić information content (AvgIpc) is 2.60. The Morgan fingerprint density at radius 3 is 3.00 bits per heavy atom. The fraction of sp³-hybridized carbons (Fsp3) is 0.333. The third kappa shape index (κ3) is 2.94. The number of furan rings is 1. The fourth-order valence-electron chi connectivity index (χ4n) is 1.14. The van der Waals surface area contributed by atoms with E-state index in [9.17, 15) is 0 Å². The van der Waals surface area contributed by atoms with Gasteiger partial charge in [0.1, 0.15) is 5.42 Å². The highest BCUT2D eigenvalue weighted by atomic mass is 16.3. The molecule has 0 bridgehead atoms. The van der Waals surface area contributed by atoms with E-state index < -0.39 is 0 Å². The molecule has 0 amide bonds. The number of hydrogen-bond acceptors (Lipinski definition) is 1. The summed E-state index contributed by atoms with van der Waals surface area (Å²) in [5.41, 5.74) is 0.946. The molecule has 1 rings (SSSR count). The van der Waals surface area contributed by atoms with Gasteiger partial charge in [0, 0.05) is 5.22 Å². The summed E-state index contributed by atoms with van der Waals surface area (Å²) in [7, 11) is 0. The molecule has 0 radical (unpaired) electrons. The highest BCUT2D eigenvalue weighted by Crippen LogP contribution is 1.87. The number of allylic oxidation sites excluding steroid dienone is 2. The van der Waals surface area contributed by atoms with Gasteiger partial charge in [-0.05, 0) is 25.5 Å². The van der Waals surface area contributed by atoms with Gasteiger partial charge in [-0.2, -0.15) is 0 Å². The number of rotatable bonds is 3. The van der Waals surface area contributed by atoms with Crippen molar-refractivity contribution in [2.75, 3.05) is 0 Å². The van der Waals surface area contributed by atoms with Crippen LogP contribution < -0.4 is 10.6 Å². The molecular weight excluding hydrogens is 160 g/mol. The number of hydrogen-bond donors (Lipinski definition) is 0. The SMILES string of the molecule is C/C=c1/occ/c1=C/C=CCCC. The van der Waals surface area contributed by atoms with Crippen molar-refractivity contribution >= 4 is 12.2 Å². The van der Waals surface area contributed by atoms with Gasteiger partial charge in [-0.3, -0.25) is 0 Å². The highest BCUT2D eigenvalue weighted by molar-refractivity contribution is 5.37. The van der Waals surface area contributed by atoms with Gasteiger partial charge in [0.05, 0.1) is 6.26 Å². The molecule has 1 heterocycles. The van der Waals surface area contributed by atoms with Crippen molar-refractivity contribution in [2.24, 2.45) is 0 Å². The van der Waals surface area contributed by atoms with E-state index in [1.807, 2.05) is 19.1 Å². The van der Waals surface area contributed by atoms with Gasteiger partial charge in [-0.1, -0.05) is 31.6 Å². The van der Waals surface area contributed by atoms with Gasteiger partial charge in [0.25, 0.3) is 0 Å². The topological polar surface area (TPSA) is 13.1 Å². The Balaban J connectivity index is 2.82. The van der Waals surface area contributed by atoms with Crippen molar-refractivity contribution in [1.29, 1.82) is 0 Å². The lowest BCUT2D eigenvalue weighted by Crippen LogP contribution is -2.17. The molecule has 1 nitrogen and oxygen atoms in total. The summed E-state index contributed by atoms with van der Waals surface area (Å²) < 4.78 is 5.25. The monoisotopic (exact) mass is 176 g/mol. The van der Waals surface area contributed by atoms with E-state index in [2.05, 4.69) is 25.2 Å². The minimum atomic E-state index is 0.946. The molecule has 0 atom stereocenters. The molecule has 0 spiro atoms. The predicted molar refractivity (Wildman–Crippen MR) is 56.6 cm³/mol. The van der Waals surface area contributed by atoms with Crippen LogP contribution in [0.3, 0.4) is 0 Å². The van der Waals surface area contributed by atoms with Gasteiger partial charge >= 0.3 is 0 Å². The van der Waals surface area contributed by atoms with Crippen LogP contribution in [0.2, 0.25) is 0 Å². The molecule has 0 aliphatic heterocycles. The quantitative estimate of drug-likeness (QED) is 0.688. The molecule has 1 aromatic heterocycles. The average molecular weight is 176 g/mol. The molecular formula is C12H16O. The molecule has 70 valence electrons. The van der Waals surface area contributed by atoms with E-state index in [-0.39, 0.29) is 0 Å². The lowest BCUT2D eigenvalue weighted by atomic mass is 10.3. The van der Waals surface area contributed by atoms with Gasteiger partial charge in [0.15, 0.2) is 0 Å². The van der Waals surface area contributed by atoms with E-state index in [4.69, 9.17) is 4.42 Å². The Morgan fingerprint density at radius 2 is 2.31 bits per heavy atom. The zero-order chi connectivity index (χ0) is 9.52. The van der Waals surface area contributed by atoms with E-state index in [1.165, 1.54) is 6.42 Å². The van der Waals surface area contributed by atoms with Crippen LogP contribution in [0.25, 0.3) is 12.2 Å². The van der Waals surface area contributed by atoms with Crippen molar-refractivity contribution in [3.8, 4) is 0 Å². The Hall–Kier alpha value is -1.24. The van der Waals surface area contributed by atoms with Crippen LogP contribution >= 0.6 is 0 Å². The molecule has 0 fully saturated rings. The summed E-state index contributed by atoms with van der Waals surface area (Å²) in [5, 5.41) is 1.15. The second kappa shape index (κ2) is 5.41. The summed E-state index contributed by atoms with van der Waals surface area (Å²) in [6, 6.07) is 1.98. The Morgan fingerprint density at radius 1 is 1.46 bits per heavy atom. The van der Waals surface area contributed by atoms with E-state index in [0.29, 0.717) is 0 Å². The zero-order valence-corrected chi connectivity index (χ0v) is 8.29. The van der Waals surface area contributed by atoms with Crippen molar-refractivity contribution in [3.63, 3.8) is 0 Å². The zero-order valence-electron chi connectivity index (χ0n) is 8.29. The first-order valence-corrected chi connectivity index (χ1v) is 4.75. The largest absolute Gasteiger partial charge is 0.465 e. The minimum Gasteiger partial charge on any atom is -0.465 e. The van der Waals surface area contributed by atoms with Crippen LogP contribution in [0.4, 0.5) is 0 Å². The molecule has 1 aromatic rings. The van der Waals surface area contributed by atoms with Gasteiger partial charge in [0.2, 0.25) is 0 Å². The highest BCUT2D eigenvalue weighted by Gasteiger charge is 1.83. The standard InChI is InChI=1S/C12H16O/c1-3-5-6-7-8-11-9-10-13-12(11)4-2/h4,6-10H,3,5H2,1-2H3/b7-6?,11-8-,12-4+. The molecule has 0 aliphatic rings. The predicted octanol–water partition coefficient (Wildman–Crippen LogP) is 2.22. The lowest BCUT2D eigenvalue weighted by molar-refractivity contribution is 0.530. The van der Waals surface area contributed by atoms with Crippen molar-refractivity contribution < 1.29 is 4.42 Å². The summed E-state index contributed by atoms with van der Waals surface area (Å²) in [5.74, 6) is 0. The van der Waals surface area contributed by atoms with E-state index in [0.717, 1.165) is 17.1 Å². The van der Waals surface area contributed by atoms with Crippen molar-refractivity contribution in [3.05, 3.63) is 35.1 Å². The molecule has 13 heavy (non-hydrogen) atoms. The Labute approximate surface area is 79.1 Å². The maximum Gasteiger partial charge on any atom is 0.129 e. The summed E-state index contributed by atoms with van der Waals surface area (Å²) in [4.78, 5) is 0. The fourth-order valence-corrected chi connectivity index (χ4v) is 1.14.